The van der Waals surface area contributed by atoms with Crippen molar-refractivity contribution in [1.29, 1.82) is 0 Å². The molecule has 3 heteroatoms. The average Bonchev–Trinajstić information content (AvgIpc) is 2.76. The summed E-state index contributed by atoms with van der Waals surface area (Å²) in [6, 6.07) is 9.83. The van der Waals surface area contributed by atoms with Crippen molar-refractivity contribution in [2.75, 3.05) is 6.54 Å². The molecule has 21 heavy (non-hydrogen) atoms. The SMILES string of the molecule is CCC1NC(c2ccccc2)C(=O)N1CC(C)(C)C(C)C. The van der Waals surface area contributed by atoms with E-state index in [1.807, 2.05) is 35.2 Å². The minimum atomic E-state index is -0.195. The molecular formula is C18H28N2O. The van der Waals surface area contributed by atoms with Gasteiger partial charge in [-0.25, -0.2) is 0 Å². The molecule has 1 amide bonds. The van der Waals surface area contributed by atoms with Gasteiger partial charge < -0.3 is 4.90 Å². The maximum absolute atomic E-state index is 12.8. The Kier molecular flexibility index (Phi) is 4.72. The highest BCUT2D eigenvalue weighted by Gasteiger charge is 2.41. The summed E-state index contributed by atoms with van der Waals surface area (Å²) < 4.78 is 0. The molecule has 0 radical (unpaired) electrons. The van der Waals surface area contributed by atoms with Crippen molar-refractivity contribution in [2.24, 2.45) is 11.3 Å². The smallest absolute Gasteiger partial charge is 0.245 e. The van der Waals surface area contributed by atoms with Gasteiger partial charge in [0.15, 0.2) is 0 Å². The van der Waals surface area contributed by atoms with Crippen LogP contribution < -0.4 is 5.32 Å². The van der Waals surface area contributed by atoms with E-state index >= 15 is 0 Å². The van der Waals surface area contributed by atoms with Gasteiger partial charge in [0, 0.05) is 6.54 Å². The van der Waals surface area contributed by atoms with E-state index in [1.54, 1.807) is 0 Å². The predicted molar refractivity (Wildman–Crippen MR) is 86.7 cm³/mol. The Balaban J connectivity index is 2.20. The Morgan fingerprint density at radius 3 is 2.38 bits per heavy atom. The van der Waals surface area contributed by atoms with Crippen LogP contribution >= 0.6 is 0 Å². The van der Waals surface area contributed by atoms with Gasteiger partial charge in [-0.05, 0) is 23.3 Å². The Morgan fingerprint density at radius 2 is 1.86 bits per heavy atom. The summed E-state index contributed by atoms with van der Waals surface area (Å²) >= 11 is 0. The molecule has 2 unspecified atom stereocenters. The van der Waals surface area contributed by atoms with E-state index in [4.69, 9.17) is 0 Å². The van der Waals surface area contributed by atoms with Gasteiger partial charge in [0.05, 0.1) is 6.17 Å². The molecule has 1 fully saturated rings. The zero-order valence-corrected chi connectivity index (χ0v) is 13.9. The molecule has 1 aromatic rings. The molecule has 0 aliphatic carbocycles. The minimum absolute atomic E-state index is 0.121. The van der Waals surface area contributed by atoms with Crippen LogP contribution in [0.2, 0.25) is 0 Å². The van der Waals surface area contributed by atoms with Crippen LogP contribution in [0.25, 0.3) is 0 Å². The van der Waals surface area contributed by atoms with Gasteiger partial charge in [0.2, 0.25) is 5.91 Å². The molecular weight excluding hydrogens is 260 g/mol. The Bertz CT molecular complexity index is 481. The third kappa shape index (κ3) is 3.29. The van der Waals surface area contributed by atoms with E-state index in [0.717, 1.165) is 18.5 Å². The van der Waals surface area contributed by atoms with Gasteiger partial charge >= 0.3 is 0 Å². The summed E-state index contributed by atoms with van der Waals surface area (Å²) in [6.45, 7) is 11.9. The number of nitrogens with zero attached hydrogens (tertiary/aromatic N) is 1. The van der Waals surface area contributed by atoms with Gasteiger partial charge in [0.25, 0.3) is 0 Å². The number of carbonyl (C=O) groups is 1. The fourth-order valence-corrected chi connectivity index (χ4v) is 2.71. The monoisotopic (exact) mass is 288 g/mol. The lowest BCUT2D eigenvalue weighted by molar-refractivity contribution is -0.131. The average molecular weight is 288 g/mol. The van der Waals surface area contributed by atoms with Crippen molar-refractivity contribution in [3.05, 3.63) is 35.9 Å². The normalized spacial score (nSPS) is 23.1. The highest BCUT2D eigenvalue weighted by molar-refractivity contribution is 5.85. The first-order valence-corrected chi connectivity index (χ1v) is 7.98. The second kappa shape index (κ2) is 6.18. The van der Waals surface area contributed by atoms with Crippen LogP contribution in [0, 0.1) is 11.3 Å². The number of carbonyl (C=O) groups excluding carboxylic acids is 1. The van der Waals surface area contributed by atoms with Crippen molar-refractivity contribution in [3.63, 3.8) is 0 Å². The van der Waals surface area contributed by atoms with E-state index in [2.05, 4.69) is 39.9 Å². The topological polar surface area (TPSA) is 32.3 Å². The van der Waals surface area contributed by atoms with Crippen molar-refractivity contribution in [1.82, 2.24) is 10.2 Å². The van der Waals surface area contributed by atoms with Crippen molar-refractivity contribution in [3.8, 4) is 0 Å². The lowest BCUT2D eigenvalue weighted by Gasteiger charge is -2.36. The van der Waals surface area contributed by atoms with E-state index < -0.39 is 0 Å². The van der Waals surface area contributed by atoms with Crippen LogP contribution in [0.4, 0.5) is 0 Å². The maximum atomic E-state index is 12.8. The molecule has 3 nitrogen and oxygen atoms in total. The van der Waals surface area contributed by atoms with Crippen LogP contribution in [0.5, 0.6) is 0 Å². The standard InChI is InChI=1S/C18H28N2O/c1-6-15-19-16(14-10-8-7-9-11-14)17(21)20(15)12-18(4,5)13(2)3/h7-11,13,15-16,19H,6,12H2,1-5H3. The first-order valence-electron chi connectivity index (χ1n) is 7.98. The lowest BCUT2D eigenvalue weighted by Crippen LogP contribution is -2.44. The lowest BCUT2D eigenvalue weighted by atomic mass is 9.80. The van der Waals surface area contributed by atoms with Gasteiger partial charge in [-0.1, -0.05) is 65.0 Å². The molecule has 0 spiro atoms. The number of nitrogens with one attached hydrogen (secondary N) is 1. The van der Waals surface area contributed by atoms with E-state index in [9.17, 15) is 4.79 Å². The first kappa shape index (κ1) is 16.0. The molecule has 0 aromatic heterocycles. The van der Waals surface area contributed by atoms with Crippen LogP contribution in [0.15, 0.2) is 30.3 Å². The number of hydrogen-bond donors (Lipinski definition) is 1. The van der Waals surface area contributed by atoms with Crippen LogP contribution in [-0.2, 0) is 4.79 Å². The molecule has 1 N–H and O–H groups in total. The Morgan fingerprint density at radius 1 is 1.24 bits per heavy atom. The molecule has 1 saturated heterocycles. The molecule has 0 saturated carbocycles. The number of hydrogen-bond acceptors (Lipinski definition) is 2. The summed E-state index contributed by atoms with van der Waals surface area (Å²) in [6.07, 6.45) is 1.07. The van der Waals surface area contributed by atoms with Gasteiger partial charge in [-0.2, -0.15) is 0 Å². The fraction of sp³-hybridized carbons (Fsp3) is 0.611. The minimum Gasteiger partial charge on any atom is -0.325 e. The molecule has 1 aromatic carbocycles. The molecule has 116 valence electrons. The molecule has 1 aliphatic heterocycles. The predicted octanol–water partition coefficient (Wildman–Crippen LogP) is 3.58. The van der Waals surface area contributed by atoms with Crippen molar-refractivity contribution >= 4 is 5.91 Å². The Labute approximate surface area is 128 Å². The highest BCUT2D eigenvalue weighted by atomic mass is 16.2. The van der Waals surface area contributed by atoms with Gasteiger partial charge in [-0.3, -0.25) is 10.1 Å². The van der Waals surface area contributed by atoms with Gasteiger partial charge in [0.1, 0.15) is 6.04 Å². The zero-order chi connectivity index (χ0) is 15.6. The number of benzene rings is 1. The molecule has 2 rings (SSSR count). The van der Waals surface area contributed by atoms with Crippen LogP contribution in [0.1, 0.15) is 52.6 Å². The number of rotatable bonds is 5. The second-order valence-electron chi connectivity index (χ2n) is 7.04. The maximum Gasteiger partial charge on any atom is 0.245 e. The summed E-state index contributed by atoms with van der Waals surface area (Å²) in [7, 11) is 0. The summed E-state index contributed by atoms with van der Waals surface area (Å²) in [5.41, 5.74) is 1.18. The Hall–Kier alpha value is -1.35. The number of amides is 1. The summed E-state index contributed by atoms with van der Waals surface area (Å²) in [4.78, 5) is 14.9. The summed E-state index contributed by atoms with van der Waals surface area (Å²) in [5, 5.41) is 3.49. The third-order valence-electron chi connectivity index (χ3n) is 4.93. The highest BCUT2D eigenvalue weighted by Crippen LogP contribution is 2.32. The first-order chi connectivity index (χ1) is 9.86. The fourth-order valence-electron chi connectivity index (χ4n) is 2.71. The molecule has 0 bridgehead atoms. The van der Waals surface area contributed by atoms with E-state index in [-0.39, 0.29) is 23.5 Å². The zero-order valence-electron chi connectivity index (χ0n) is 13.9. The summed E-state index contributed by atoms with van der Waals surface area (Å²) in [5.74, 6) is 0.750. The molecule has 1 aliphatic rings. The van der Waals surface area contributed by atoms with Crippen molar-refractivity contribution < 1.29 is 4.79 Å². The second-order valence-corrected chi connectivity index (χ2v) is 7.04. The molecule has 1 heterocycles. The quantitative estimate of drug-likeness (QED) is 0.898. The van der Waals surface area contributed by atoms with Crippen molar-refractivity contribution in [2.45, 2.75) is 53.2 Å². The van der Waals surface area contributed by atoms with Crippen LogP contribution in [-0.4, -0.2) is 23.5 Å². The third-order valence-corrected chi connectivity index (χ3v) is 4.93. The van der Waals surface area contributed by atoms with Gasteiger partial charge in [-0.15, -0.1) is 0 Å². The largest absolute Gasteiger partial charge is 0.325 e. The van der Waals surface area contributed by atoms with E-state index in [1.165, 1.54) is 0 Å². The molecule has 2 atom stereocenters. The van der Waals surface area contributed by atoms with E-state index in [0.29, 0.717) is 5.92 Å². The van der Waals surface area contributed by atoms with Crippen LogP contribution in [0.3, 0.4) is 0 Å².